The molecule has 3 atom stereocenters. The zero-order chi connectivity index (χ0) is 16.1. The van der Waals surface area contributed by atoms with Gasteiger partial charge in [-0.25, -0.2) is 9.59 Å². The summed E-state index contributed by atoms with van der Waals surface area (Å²) in [6.45, 7) is -0.249. The van der Waals surface area contributed by atoms with E-state index in [0.29, 0.717) is 12.5 Å². The van der Waals surface area contributed by atoms with Crippen molar-refractivity contribution in [3.63, 3.8) is 0 Å². The molecule has 0 bridgehead atoms. The van der Waals surface area contributed by atoms with Crippen molar-refractivity contribution in [1.29, 1.82) is 0 Å². The Hall–Kier alpha value is -1.92. The van der Waals surface area contributed by atoms with Crippen LogP contribution in [0.1, 0.15) is 40.0 Å². The molecule has 3 N–H and O–H groups in total. The van der Waals surface area contributed by atoms with Gasteiger partial charge in [0.05, 0.1) is 11.1 Å². The van der Waals surface area contributed by atoms with Crippen LogP contribution in [0.25, 0.3) is 0 Å². The number of aliphatic hydroxyl groups is 2. The van der Waals surface area contributed by atoms with E-state index in [2.05, 4.69) is 4.74 Å². The molecule has 6 heteroatoms. The molecule has 1 aromatic rings. The molecule has 2 saturated carbocycles. The van der Waals surface area contributed by atoms with Gasteiger partial charge in [0.15, 0.2) is 6.79 Å². The Balaban J connectivity index is 0.000000183. The minimum atomic E-state index is -1.06. The molecule has 0 amide bonds. The Bertz CT molecular complexity index is 522. The normalized spacial score (nSPS) is 24.7. The number of ether oxygens (including phenoxy) is 1. The summed E-state index contributed by atoms with van der Waals surface area (Å²) < 4.78 is 4.30. The van der Waals surface area contributed by atoms with Crippen molar-refractivity contribution in [3.05, 3.63) is 35.4 Å². The fourth-order valence-corrected chi connectivity index (χ4v) is 2.98. The van der Waals surface area contributed by atoms with Crippen LogP contribution in [-0.4, -0.2) is 40.7 Å². The quantitative estimate of drug-likeness (QED) is 0.575. The van der Waals surface area contributed by atoms with E-state index in [0.717, 1.165) is 11.8 Å². The van der Waals surface area contributed by atoms with Crippen molar-refractivity contribution in [2.75, 3.05) is 13.4 Å². The van der Waals surface area contributed by atoms with Crippen molar-refractivity contribution in [1.82, 2.24) is 0 Å². The molecule has 6 nitrogen and oxygen atoms in total. The van der Waals surface area contributed by atoms with Gasteiger partial charge in [-0.15, -0.1) is 0 Å². The highest BCUT2D eigenvalue weighted by molar-refractivity contribution is 5.92. The fourth-order valence-electron chi connectivity index (χ4n) is 2.98. The zero-order valence-electron chi connectivity index (χ0n) is 12.1. The second kappa shape index (κ2) is 7.38. The first-order valence-corrected chi connectivity index (χ1v) is 7.29. The SMILES string of the molecule is O=C(O)c1ccc(C(=O)OCO)cc1.OCC1CC2CCC12. The summed E-state index contributed by atoms with van der Waals surface area (Å²) in [6.07, 6.45) is 4.16. The predicted molar refractivity (Wildman–Crippen MR) is 77.3 cm³/mol. The first-order chi connectivity index (χ1) is 10.6. The Morgan fingerprint density at radius 3 is 2.05 bits per heavy atom. The molecule has 0 radical (unpaired) electrons. The number of esters is 1. The highest BCUT2D eigenvalue weighted by Crippen LogP contribution is 2.53. The largest absolute Gasteiger partial charge is 0.478 e. The summed E-state index contributed by atoms with van der Waals surface area (Å²) >= 11 is 0. The van der Waals surface area contributed by atoms with Gasteiger partial charge in [0.25, 0.3) is 0 Å². The maximum atomic E-state index is 11.0. The van der Waals surface area contributed by atoms with E-state index < -0.39 is 18.7 Å². The number of carbonyl (C=O) groups is 2. The number of carboxylic acids is 1. The third-order valence-electron chi connectivity index (χ3n) is 4.48. The highest BCUT2D eigenvalue weighted by atomic mass is 16.6. The number of rotatable bonds is 4. The van der Waals surface area contributed by atoms with Crippen LogP contribution < -0.4 is 0 Å². The molecule has 0 aromatic heterocycles. The summed E-state index contributed by atoms with van der Waals surface area (Å²) in [5.41, 5.74) is 0.287. The first-order valence-electron chi connectivity index (χ1n) is 7.29. The van der Waals surface area contributed by atoms with Crippen molar-refractivity contribution in [3.8, 4) is 0 Å². The number of carboxylic acid groups (broad SMARTS) is 1. The van der Waals surface area contributed by atoms with Crippen LogP contribution in [-0.2, 0) is 4.74 Å². The van der Waals surface area contributed by atoms with Gasteiger partial charge >= 0.3 is 11.9 Å². The molecule has 0 aliphatic heterocycles. The van der Waals surface area contributed by atoms with Gasteiger partial charge in [0.1, 0.15) is 0 Å². The van der Waals surface area contributed by atoms with E-state index in [1.165, 1.54) is 43.5 Å². The lowest BCUT2D eigenvalue weighted by atomic mass is 9.53. The average Bonchev–Trinajstić information content (AvgIpc) is 2.51. The molecule has 3 rings (SSSR count). The number of carbonyl (C=O) groups excluding carboxylic acids is 1. The number of hydrogen-bond acceptors (Lipinski definition) is 5. The van der Waals surface area contributed by atoms with Crippen LogP contribution in [0.3, 0.4) is 0 Å². The molecule has 0 saturated heterocycles. The molecular formula is C16H20O6. The van der Waals surface area contributed by atoms with Crippen LogP contribution in [0, 0.1) is 17.8 Å². The van der Waals surface area contributed by atoms with E-state index >= 15 is 0 Å². The molecule has 120 valence electrons. The van der Waals surface area contributed by atoms with Gasteiger partial charge in [-0.05, 0) is 61.3 Å². The summed E-state index contributed by atoms with van der Waals surface area (Å²) in [6, 6.07) is 5.22. The Kier molecular flexibility index (Phi) is 5.51. The third kappa shape index (κ3) is 3.64. The minimum absolute atomic E-state index is 0.0885. The topological polar surface area (TPSA) is 104 Å². The number of hydrogen-bond donors (Lipinski definition) is 3. The monoisotopic (exact) mass is 308 g/mol. The maximum Gasteiger partial charge on any atom is 0.340 e. The van der Waals surface area contributed by atoms with Crippen LogP contribution in [0.5, 0.6) is 0 Å². The number of aromatic carboxylic acids is 1. The Morgan fingerprint density at radius 1 is 1.09 bits per heavy atom. The average molecular weight is 308 g/mol. The van der Waals surface area contributed by atoms with Gasteiger partial charge in [0, 0.05) is 6.61 Å². The lowest BCUT2D eigenvalue weighted by Crippen LogP contribution is -2.45. The summed E-state index contributed by atoms with van der Waals surface area (Å²) in [7, 11) is 0. The molecule has 2 aliphatic carbocycles. The standard InChI is InChI=1S/C9H8O5.C7H12O/c10-5-14-9(13)7-3-1-6(2-4-7)8(11)12;8-4-6-3-5-1-2-7(5)6/h1-4,10H,5H2,(H,11,12);5-8H,1-4H2. The molecule has 2 fully saturated rings. The van der Waals surface area contributed by atoms with E-state index in [4.69, 9.17) is 15.3 Å². The third-order valence-corrected chi connectivity index (χ3v) is 4.48. The smallest absolute Gasteiger partial charge is 0.340 e. The summed E-state index contributed by atoms with van der Waals surface area (Å²) in [5.74, 6) is 0.928. The maximum absolute atomic E-state index is 11.0. The van der Waals surface area contributed by atoms with Crippen molar-refractivity contribution in [2.24, 2.45) is 17.8 Å². The number of aliphatic hydroxyl groups excluding tert-OH is 2. The van der Waals surface area contributed by atoms with Gasteiger partial charge in [0.2, 0.25) is 0 Å². The zero-order valence-corrected chi connectivity index (χ0v) is 12.1. The van der Waals surface area contributed by atoms with Crippen molar-refractivity contribution >= 4 is 11.9 Å². The highest BCUT2D eigenvalue weighted by Gasteiger charge is 2.46. The van der Waals surface area contributed by atoms with Gasteiger partial charge in [-0.1, -0.05) is 0 Å². The lowest BCUT2D eigenvalue weighted by molar-refractivity contribution is -0.0526. The minimum Gasteiger partial charge on any atom is -0.478 e. The molecule has 2 aliphatic rings. The van der Waals surface area contributed by atoms with E-state index in [-0.39, 0.29) is 11.1 Å². The number of benzene rings is 1. The van der Waals surface area contributed by atoms with E-state index in [9.17, 15) is 9.59 Å². The molecule has 0 heterocycles. The van der Waals surface area contributed by atoms with E-state index in [1.54, 1.807) is 0 Å². The molecule has 0 spiro atoms. The van der Waals surface area contributed by atoms with Gasteiger partial charge in [-0.3, -0.25) is 0 Å². The fraction of sp³-hybridized carbons (Fsp3) is 0.500. The van der Waals surface area contributed by atoms with Crippen molar-refractivity contribution in [2.45, 2.75) is 19.3 Å². The van der Waals surface area contributed by atoms with E-state index in [1.807, 2.05) is 0 Å². The predicted octanol–water partition coefficient (Wildman–Crippen LogP) is 1.52. The Morgan fingerprint density at radius 2 is 1.73 bits per heavy atom. The van der Waals surface area contributed by atoms with Crippen LogP contribution >= 0.6 is 0 Å². The summed E-state index contributed by atoms with van der Waals surface area (Å²) in [5, 5.41) is 25.6. The van der Waals surface area contributed by atoms with Gasteiger partial charge < -0.3 is 20.1 Å². The summed E-state index contributed by atoms with van der Waals surface area (Å²) in [4.78, 5) is 21.4. The molecule has 3 unspecified atom stereocenters. The second-order valence-corrected chi connectivity index (χ2v) is 5.62. The molecular weight excluding hydrogens is 288 g/mol. The number of fused-ring (bicyclic) bond motifs is 1. The van der Waals surface area contributed by atoms with Crippen LogP contribution in [0.15, 0.2) is 24.3 Å². The first kappa shape index (κ1) is 16.5. The second-order valence-electron chi connectivity index (χ2n) is 5.62. The molecule has 1 aromatic carbocycles. The van der Waals surface area contributed by atoms with Crippen molar-refractivity contribution < 1.29 is 29.6 Å². The lowest BCUT2D eigenvalue weighted by Gasteiger charge is -2.52. The van der Waals surface area contributed by atoms with Crippen LogP contribution in [0.4, 0.5) is 0 Å². The Labute approximate surface area is 128 Å². The van der Waals surface area contributed by atoms with Gasteiger partial charge in [-0.2, -0.15) is 0 Å². The van der Waals surface area contributed by atoms with Crippen LogP contribution in [0.2, 0.25) is 0 Å². The molecule has 22 heavy (non-hydrogen) atoms.